The molecule has 0 saturated carbocycles. The lowest BCUT2D eigenvalue weighted by Gasteiger charge is -2.27. The molecule has 0 radical (unpaired) electrons. The molecule has 0 atom stereocenters. The third-order valence-corrected chi connectivity index (χ3v) is 3.13. The Labute approximate surface area is 114 Å². The van der Waals surface area contributed by atoms with Crippen LogP contribution in [0.4, 0.5) is 11.5 Å². The van der Waals surface area contributed by atoms with Crippen molar-refractivity contribution in [3.63, 3.8) is 0 Å². The number of nitrogens with one attached hydrogen (secondary N) is 1. The summed E-state index contributed by atoms with van der Waals surface area (Å²) < 4.78 is 0. The topological polar surface area (TPSA) is 50.9 Å². The fraction of sp³-hybridized carbons (Fsp3) is 0.312. The van der Waals surface area contributed by atoms with E-state index in [0.29, 0.717) is 0 Å². The number of nitrogen functional groups attached to an aromatic ring is 1. The van der Waals surface area contributed by atoms with Crippen molar-refractivity contribution in [2.24, 2.45) is 0 Å². The number of hydrogen-bond acceptors (Lipinski definition) is 3. The van der Waals surface area contributed by atoms with Gasteiger partial charge in [-0.25, -0.2) is 4.98 Å². The summed E-state index contributed by atoms with van der Waals surface area (Å²) in [5.41, 5.74) is 7.84. The van der Waals surface area contributed by atoms with Crippen molar-refractivity contribution in [2.45, 2.75) is 32.2 Å². The first kappa shape index (κ1) is 13.4. The lowest BCUT2D eigenvalue weighted by Crippen LogP contribution is -2.31. The Morgan fingerprint density at radius 3 is 2.58 bits per heavy atom. The number of hydrogen-bond donors (Lipinski definition) is 2. The molecular weight excluding hydrogens is 234 g/mol. The van der Waals surface area contributed by atoms with Gasteiger partial charge in [-0.1, -0.05) is 30.3 Å². The number of rotatable bonds is 5. The Morgan fingerprint density at radius 2 is 1.89 bits per heavy atom. The van der Waals surface area contributed by atoms with Crippen molar-refractivity contribution in [3.05, 3.63) is 54.2 Å². The summed E-state index contributed by atoms with van der Waals surface area (Å²) in [6.45, 7) is 4.36. The Bertz CT molecular complexity index is 521. The zero-order valence-electron chi connectivity index (χ0n) is 11.6. The summed E-state index contributed by atoms with van der Waals surface area (Å²) in [7, 11) is 0. The highest BCUT2D eigenvalue weighted by Gasteiger charge is 2.17. The highest BCUT2D eigenvalue weighted by molar-refractivity contribution is 5.49. The average molecular weight is 255 g/mol. The molecule has 0 aliphatic rings. The predicted molar refractivity (Wildman–Crippen MR) is 81.1 cm³/mol. The van der Waals surface area contributed by atoms with Gasteiger partial charge in [0.05, 0.1) is 0 Å². The van der Waals surface area contributed by atoms with Crippen LogP contribution >= 0.6 is 0 Å². The van der Waals surface area contributed by atoms with Gasteiger partial charge in [0, 0.05) is 23.5 Å². The summed E-state index contributed by atoms with van der Waals surface area (Å²) in [6.07, 6.45) is 3.81. The Kier molecular flexibility index (Phi) is 4.05. The normalized spacial score (nSPS) is 11.3. The van der Waals surface area contributed by atoms with E-state index in [1.807, 2.05) is 12.1 Å². The van der Waals surface area contributed by atoms with Crippen molar-refractivity contribution in [2.75, 3.05) is 11.1 Å². The van der Waals surface area contributed by atoms with Crippen LogP contribution in [0, 0.1) is 0 Å². The molecule has 2 rings (SSSR count). The smallest absolute Gasteiger partial charge is 0.128 e. The largest absolute Gasteiger partial charge is 0.399 e. The van der Waals surface area contributed by atoms with Gasteiger partial charge >= 0.3 is 0 Å². The number of aromatic nitrogens is 1. The number of pyridine rings is 1. The summed E-state index contributed by atoms with van der Waals surface area (Å²) in [5, 5.41) is 3.44. The van der Waals surface area contributed by atoms with Crippen molar-refractivity contribution in [3.8, 4) is 0 Å². The van der Waals surface area contributed by atoms with E-state index in [1.54, 1.807) is 12.3 Å². The van der Waals surface area contributed by atoms with Gasteiger partial charge in [0.25, 0.3) is 0 Å². The van der Waals surface area contributed by atoms with Crippen molar-refractivity contribution in [1.82, 2.24) is 4.98 Å². The fourth-order valence-electron chi connectivity index (χ4n) is 2.03. The van der Waals surface area contributed by atoms with E-state index in [0.717, 1.165) is 24.3 Å². The molecule has 1 aromatic heterocycles. The van der Waals surface area contributed by atoms with E-state index in [2.05, 4.69) is 48.4 Å². The maximum Gasteiger partial charge on any atom is 0.128 e. The zero-order chi connectivity index (χ0) is 13.7. The van der Waals surface area contributed by atoms with Gasteiger partial charge in [0.1, 0.15) is 5.82 Å². The van der Waals surface area contributed by atoms with Crippen LogP contribution in [0.5, 0.6) is 0 Å². The van der Waals surface area contributed by atoms with Crippen molar-refractivity contribution < 1.29 is 0 Å². The molecule has 0 saturated heterocycles. The first-order valence-corrected chi connectivity index (χ1v) is 6.59. The molecule has 1 heterocycles. The van der Waals surface area contributed by atoms with E-state index in [1.165, 1.54) is 5.56 Å². The Hall–Kier alpha value is -2.03. The third-order valence-electron chi connectivity index (χ3n) is 3.13. The second-order valence-corrected chi connectivity index (χ2v) is 5.47. The summed E-state index contributed by atoms with van der Waals surface area (Å²) in [5.74, 6) is 0.832. The minimum Gasteiger partial charge on any atom is -0.399 e. The van der Waals surface area contributed by atoms with Crippen LogP contribution in [0.1, 0.15) is 25.8 Å². The molecule has 0 bridgehead atoms. The molecule has 3 nitrogen and oxygen atoms in total. The number of aryl methyl sites for hydroxylation is 1. The van der Waals surface area contributed by atoms with Crippen LogP contribution in [0.2, 0.25) is 0 Å². The van der Waals surface area contributed by atoms with E-state index in [9.17, 15) is 0 Å². The minimum absolute atomic E-state index is 0.0172. The monoisotopic (exact) mass is 255 g/mol. The summed E-state index contributed by atoms with van der Waals surface area (Å²) in [4.78, 5) is 4.29. The van der Waals surface area contributed by atoms with Gasteiger partial charge in [-0.2, -0.15) is 0 Å². The molecule has 100 valence electrons. The average Bonchev–Trinajstić information content (AvgIpc) is 2.37. The van der Waals surface area contributed by atoms with Crippen LogP contribution in [0.25, 0.3) is 0 Å². The maximum atomic E-state index is 5.76. The molecule has 0 aliphatic heterocycles. The summed E-state index contributed by atoms with van der Waals surface area (Å²) >= 11 is 0. The Morgan fingerprint density at radius 1 is 1.16 bits per heavy atom. The van der Waals surface area contributed by atoms with Crippen LogP contribution < -0.4 is 11.1 Å². The van der Waals surface area contributed by atoms with E-state index in [4.69, 9.17) is 5.73 Å². The van der Waals surface area contributed by atoms with Gasteiger partial charge in [0.15, 0.2) is 0 Å². The molecular formula is C16H21N3. The minimum atomic E-state index is -0.0172. The molecule has 2 aromatic rings. The molecule has 3 N–H and O–H groups in total. The number of benzene rings is 1. The lowest BCUT2D eigenvalue weighted by atomic mass is 9.95. The zero-order valence-corrected chi connectivity index (χ0v) is 11.6. The number of nitrogens with two attached hydrogens (primary N) is 1. The van der Waals surface area contributed by atoms with Crippen LogP contribution in [0.15, 0.2) is 48.7 Å². The van der Waals surface area contributed by atoms with Gasteiger partial charge in [-0.15, -0.1) is 0 Å². The summed E-state index contributed by atoms with van der Waals surface area (Å²) in [6, 6.07) is 14.2. The fourth-order valence-corrected chi connectivity index (χ4v) is 2.03. The van der Waals surface area contributed by atoms with Crippen molar-refractivity contribution >= 4 is 11.5 Å². The van der Waals surface area contributed by atoms with Gasteiger partial charge < -0.3 is 11.1 Å². The molecule has 19 heavy (non-hydrogen) atoms. The molecule has 0 fully saturated rings. The highest BCUT2D eigenvalue weighted by atomic mass is 15.0. The van der Waals surface area contributed by atoms with E-state index in [-0.39, 0.29) is 5.54 Å². The molecule has 0 aliphatic carbocycles. The molecule has 1 aromatic carbocycles. The maximum absolute atomic E-state index is 5.76. The Balaban J connectivity index is 1.95. The van der Waals surface area contributed by atoms with Gasteiger partial charge in [-0.05, 0) is 38.3 Å². The number of nitrogens with zero attached hydrogens (tertiary/aromatic N) is 1. The van der Waals surface area contributed by atoms with E-state index >= 15 is 0 Å². The van der Waals surface area contributed by atoms with Crippen LogP contribution in [-0.4, -0.2) is 10.5 Å². The van der Waals surface area contributed by atoms with Crippen molar-refractivity contribution in [1.29, 1.82) is 0 Å². The molecule has 0 amide bonds. The van der Waals surface area contributed by atoms with Crippen LogP contribution in [-0.2, 0) is 6.42 Å². The third kappa shape index (κ3) is 4.28. The predicted octanol–water partition coefficient (Wildman–Crippen LogP) is 3.49. The SMILES string of the molecule is CC(C)(CCc1ccccc1)Nc1cc(N)ccn1. The lowest BCUT2D eigenvalue weighted by molar-refractivity contribution is 0.516. The quantitative estimate of drug-likeness (QED) is 0.860. The molecule has 0 unspecified atom stereocenters. The molecule has 3 heteroatoms. The van der Waals surface area contributed by atoms with E-state index < -0.39 is 0 Å². The number of anilines is 2. The van der Waals surface area contributed by atoms with Crippen LogP contribution in [0.3, 0.4) is 0 Å². The van der Waals surface area contributed by atoms with Gasteiger partial charge in [-0.3, -0.25) is 0 Å². The standard InChI is InChI=1S/C16H21N3/c1-16(2,10-8-13-6-4-3-5-7-13)19-15-12-14(17)9-11-18-15/h3-7,9,11-12H,8,10H2,1-2H3,(H3,17,18,19). The highest BCUT2D eigenvalue weighted by Crippen LogP contribution is 2.20. The van der Waals surface area contributed by atoms with Gasteiger partial charge in [0.2, 0.25) is 0 Å². The molecule has 0 spiro atoms. The first-order chi connectivity index (χ1) is 9.05. The first-order valence-electron chi connectivity index (χ1n) is 6.59. The second kappa shape index (κ2) is 5.74. The second-order valence-electron chi connectivity index (χ2n) is 5.47.